The first-order valence-electron chi connectivity index (χ1n) is 12.5. The lowest BCUT2D eigenvalue weighted by Gasteiger charge is -2.53. The molecule has 11 heteroatoms. The molecule has 202 valence electrons. The summed E-state index contributed by atoms with van der Waals surface area (Å²) in [7, 11) is 3.25. The Bertz CT molecular complexity index is 1340. The molecule has 1 aromatic heterocycles. The number of carbonyl (C=O) groups excluding carboxylic acids is 3. The predicted octanol–water partition coefficient (Wildman–Crippen LogP) is -0.253. The summed E-state index contributed by atoms with van der Waals surface area (Å²) in [6.07, 6.45) is 0.665. The molecule has 3 aliphatic carbocycles. The SMILES string of the molecule is CN(C)[C@@H]1C(O)C(C(N)=O)C(=O)[C@@]2(O)C(=O)C3=C(O)c4c(O)ccc(CNCc5ccc[nH]5)c4C[C@H]3C[C@@H]12. The summed E-state index contributed by atoms with van der Waals surface area (Å²) < 4.78 is 0. The molecule has 2 saturated carbocycles. The molecule has 1 heterocycles. The van der Waals surface area contributed by atoms with Gasteiger partial charge in [-0.15, -0.1) is 0 Å². The van der Waals surface area contributed by atoms with Gasteiger partial charge in [-0.25, -0.2) is 0 Å². The van der Waals surface area contributed by atoms with Gasteiger partial charge in [0.05, 0.1) is 11.7 Å². The van der Waals surface area contributed by atoms with Crippen LogP contribution in [0.15, 0.2) is 36.0 Å². The van der Waals surface area contributed by atoms with Crippen molar-refractivity contribution in [2.75, 3.05) is 14.1 Å². The van der Waals surface area contributed by atoms with Crippen molar-refractivity contribution in [1.82, 2.24) is 15.2 Å². The van der Waals surface area contributed by atoms with Crippen molar-refractivity contribution in [2.24, 2.45) is 23.5 Å². The maximum absolute atomic E-state index is 13.9. The zero-order valence-electron chi connectivity index (χ0n) is 21.1. The van der Waals surface area contributed by atoms with Gasteiger partial charge in [-0.3, -0.25) is 14.4 Å². The molecule has 8 N–H and O–H groups in total. The van der Waals surface area contributed by atoms with Gasteiger partial charge in [0.15, 0.2) is 11.4 Å². The number of aliphatic hydroxyl groups excluding tert-OH is 2. The van der Waals surface area contributed by atoms with Crippen LogP contribution in [0.4, 0.5) is 0 Å². The van der Waals surface area contributed by atoms with E-state index in [1.165, 1.54) is 6.07 Å². The summed E-state index contributed by atoms with van der Waals surface area (Å²) in [5.41, 5.74) is 5.15. The van der Waals surface area contributed by atoms with Gasteiger partial charge in [0.1, 0.15) is 17.4 Å². The number of aliphatic hydroxyl groups is 3. The number of rotatable bonds is 6. The average molecular weight is 525 g/mol. The summed E-state index contributed by atoms with van der Waals surface area (Å²) in [4.78, 5) is 44.0. The number of phenolic OH excluding ortho intramolecular Hbond substituents is 1. The number of carbonyl (C=O) groups is 3. The number of benzene rings is 1. The number of aromatic nitrogens is 1. The van der Waals surface area contributed by atoms with Crippen molar-refractivity contribution in [2.45, 2.75) is 43.7 Å². The normalized spacial score (nSPS) is 30.7. The Labute approximate surface area is 219 Å². The van der Waals surface area contributed by atoms with Crippen LogP contribution in [-0.4, -0.2) is 79.6 Å². The number of aromatic amines is 1. The Kier molecular flexibility index (Phi) is 6.42. The van der Waals surface area contributed by atoms with E-state index in [9.17, 15) is 34.8 Å². The molecular formula is C27H32N4O7. The molecule has 0 radical (unpaired) electrons. The summed E-state index contributed by atoms with van der Waals surface area (Å²) in [6.45, 7) is 0.994. The van der Waals surface area contributed by atoms with Crippen LogP contribution in [0.25, 0.3) is 5.76 Å². The highest BCUT2D eigenvalue weighted by Gasteiger charge is 2.67. The van der Waals surface area contributed by atoms with Crippen molar-refractivity contribution in [3.8, 4) is 5.75 Å². The molecule has 38 heavy (non-hydrogen) atoms. The fourth-order valence-electron chi connectivity index (χ4n) is 6.64. The molecular weight excluding hydrogens is 492 g/mol. The number of Topliss-reactive ketones (excluding diaryl/α,β-unsaturated/α-hetero) is 2. The first-order chi connectivity index (χ1) is 18.0. The monoisotopic (exact) mass is 524 g/mol. The molecule has 11 nitrogen and oxygen atoms in total. The van der Waals surface area contributed by atoms with E-state index in [1.54, 1.807) is 25.1 Å². The van der Waals surface area contributed by atoms with E-state index >= 15 is 0 Å². The van der Waals surface area contributed by atoms with Crippen molar-refractivity contribution in [1.29, 1.82) is 0 Å². The Balaban J connectivity index is 1.57. The lowest BCUT2D eigenvalue weighted by Crippen LogP contribution is -2.73. The number of nitrogens with two attached hydrogens (primary N) is 1. The number of amides is 1. The number of fused-ring (bicyclic) bond motifs is 3. The predicted molar refractivity (Wildman–Crippen MR) is 135 cm³/mol. The minimum atomic E-state index is -2.66. The number of nitrogens with zero attached hydrogens (tertiary/aromatic N) is 1. The number of primary amides is 1. The van der Waals surface area contributed by atoms with Crippen molar-refractivity contribution >= 4 is 23.2 Å². The molecule has 5 rings (SSSR count). The third-order valence-corrected chi connectivity index (χ3v) is 8.36. The lowest BCUT2D eigenvalue weighted by molar-refractivity contribution is -0.184. The van der Waals surface area contributed by atoms with E-state index in [0.717, 1.165) is 11.3 Å². The second-order valence-corrected chi connectivity index (χ2v) is 10.7. The van der Waals surface area contributed by atoms with Crippen LogP contribution in [0, 0.1) is 17.8 Å². The summed E-state index contributed by atoms with van der Waals surface area (Å²) >= 11 is 0. The molecule has 0 bridgehead atoms. The van der Waals surface area contributed by atoms with Gasteiger partial charge in [0, 0.05) is 42.5 Å². The van der Waals surface area contributed by atoms with Crippen molar-refractivity contribution in [3.63, 3.8) is 0 Å². The Hall–Kier alpha value is -3.51. The highest BCUT2D eigenvalue weighted by atomic mass is 16.3. The van der Waals surface area contributed by atoms with Gasteiger partial charge in [-0.1, -0.05) is 6.07 Å². The number of likely N-dealkylation sites (N-methyl/N-ethyl adjacent to an activating group) is 1. The van der Waals surface area contributed by atoms with Crippen LogP contribution in [0.5, 0.6) is 5.75 Å². The third kappa shape index (κ3) is 3.77. The highest BCUT2D eigenvalue weighted by Crippen LogP contribution is 2.52. The van der Waals surface area contributed by atoms with E-state index in [2.05, 4.69) is 10.3 Å². The Morgan fingerprint density at radius 1 is 1.21 bits per heavy atom. The van der Waals surface area contributed by atoms with Crippen LogP contribution < -0.4 is 11.1 Å². The Morgan fingerprint density at radius 2 is 1.95 bits per heavy atom. The lowest BCUT2D eigenvalue weighted by atomic mass is 9.54. The number of hydrogen-bond acceptors (Lipinski definition) is 9. The molecule has 3 aliphatic rings. The maximum atomic E-state index is 13.9. The number of aromatic hydroxyl groups is 1. The van der Waals surface area contributed by atoms with Crippen LogP contribution >= 0.6 is 0 Å². The van der Waals surface area contributed by atoms with Crippen LogP contribution in [0.3, 0.4) is 0 Å². The first kappa shape index (κ1) is 26.1. The van der Waals surface area contributed by atoms with Crippen LogP contribution in [0.2, 0.25) is 0 Å². The van der Waals surface area contributed by atoms with E-state index in [-0.39, 0.29) is 29.7 Å². The molecule has 0 saturated heterocycles. The van der Waals surface area contributed by atoms with Crippen molar-refractivity contribution in [3.05, 3.63) is 58.4 Å². The summed E-state index contributed by atoms with van der Waals surface area (Å²) in [5, 5.41) is 47.9. The van der Waals surface area contributed by atoms with E-state index in [1.807, 2.05) is 18.3 Å². The second kappa shape index (κ2) is 9.35. The molecule has 1 aromatic carbocycles. The first-order valence-corrected chi connectivity index (χ1v) is 12.5. The second-order valence-electron chi connectivity index (χ2n) is 10.7. The molecule has 2 aromatic rings. The van der Waals surface area contributed by atoms with Gasteiger partial charge >= 0.3 is 0 Å². The van der Waals surface area contributed by atoms with Gasteiger partial charge in [0.2, 0.25) is 11.7 Å². The van der Waals surface area contributed by atoms with Gasteiger partial charge in [-0.05, 0) is 62.2 Å². The zero-order valence-corrected chi connectivity index (χ0v) is 21.1. The molecule has 0 aliphatic heterocycles. The third-order valence-electron chi connectivity index (χ3n) is 8.36. The number of hydrogen-bond donors (Lipinski definition) is 7. The van der Waals surface area contributed by atoms with Gasteiger partial charge < -0.3 is 41.4 Å². The number of nitrogens with one attached hydrogen (secondary N) is 2. The summed E-state index contributed by atoms with van der Waals surface area (Å²) in [5.74, 6) is -7.47. The van der Waals surface area contributed by atoms with Crippen molar-refractivity contribution < 1.29 is 34.8 Å². The highest BCUT2D eigenvalue weighted by molar-refractivity contribution is 6.25. The van der Waals surface area contributed by atoms with E-state index in [4.69, 9.17) is 5.73 Å². The largest absolute Gasteiger partial charge is 0.507 e. The van der Waals surface area contributed by atoms with E-state index in [0.29, 0.717) is 18.7 Å². The van der Waals surface area contributed by atoms with Gasteiger partial charge in [-0.2, -0.15) is 0 Å². The minimum Gasteiger partial charge on any atom is -0.507 e. The molecule has 2 unspecified atom stereocenters. The number of phenols is 1. The van der Waals surface area contributed by atoms with Crippen LogP contribution in [-0.2, 0) is 33.9 Å². The van der Waals surface area contributed by atoms with E-state index < -0.39 is 58.7 Å². The minimum absolute atomic E-state index is 0.0865. The quantitative estimate of drug-likeness (QED) is 0.250. The fraction of sp³-hybridized carbons (Fsp3) is 0.444. The fourth-order valence-corrected chi connectivity index (χ4v) is 6.64. The molecule has 6 atom stereocenters. The molecule has 0 spiro atoms. The van der Waals surface area contributed by atoms with Gasteiger partial charge in [0.25, 0.3) is 0 Å². The molecule has 1 amide bonds. The summed E-state index contributed by atoms with van der Waals surface area (Å²) in [6, 6.07) is 6.10. The Morgan fingerprint density at radius 3 is 2.58 bits per heavy atom. The number of H-pyrrole nitrogens is 1. The maximum Gasteiger partial charge on any atom is 0.230 e. The standard InChI is InChI=1S/C27H32N4O7/c1-31(2)21-16-9-13-8-15-12(10-29-11-14-4-3-7-30-14)5-6-17(32)19(15)22(33)18(13)24(35)27(16,38)25(36)20(23(21)34)26(28)37/h3-7,13,16,20-21,23,29-30,32-34,38H,8-11H2,1-2H3,(H2,28,37)/t13-,16-,20?,21-,23?,27-/m0/s1. The smallest absolute Gasteiger partial charge is 0.230 e. The van der Waals surface area contributed by atoms with Crippen LogP contribution in [0.1, 0.15) is 28.8 Å². The average Bonchev–Trinajstić information content (AvgIpc) is 3.36. The zero-order chi connectivity index (χ0) is 27.5. The molecule has 2 fully saturated rings. The number of ketones is 2. The topological polar surface area (TPSA) is 189 Å².